The number of esters is 3. The molecule has 210 valence electrons. The van der Waals surface area contributed by atoms with Gasteiger partial charge in [0.15, 0.2) is 0 Å². The Morgan fingerprint density at radius 2 is 1.69 bits per heavy atom. The van der Waals surface area contributed by atoms with Crippen molar-refractivity contribution in [3.63, 3.8) is 0 Å². The molecule has 4 fully saturated rings. The number of ether oxygens (including phenoxy) is 4. The highest BCUT2D eigenvalue weighted by Crippen LogP contribution is 2.68. The maximum atomic E-state index is 13.0. The van der Waals surface area contributed by atoms with Crippen molar-refractivity contribution in [1.82, 2.24) is 0 Å². The summed E-state index contributed by atoms with van der Waals surface area (Å²) < 4.78 is 34.9. The summed E-state index contributed by atoms with van der Waals surface area (Å²) in [6.45, 7) is 6.93. The number of fused-ring (bicyclic) bond motifs is 2. The Morgan fingerprint density at radius 3 is 2.33 bits per heavy atom. The van der Waals surface area contributed by atoms with Crippen molar-refractivity contribution in [2.75, 3.05) is 13.2 Å². The van der Waals surface area contributed by atoms with Gasteiger partial charge in [0, 0.05) is 10.8 Å². The van der Waals surface area contributed by atoms with Gasteiger partial charge in [0.2, 0.25) is 11.5 Å². The highest BCUT2D eigenvalue weighted by atomic mass is 16.6. The summed E-state index contributed by atoms with van der Waals surface area (Å²) in [6.07, 6.45) is 7.37. The average molecular weight is 541 g/mol. The van der Waals surface area contributed by atoms with Crippen LogP contribution in [0.3, 0.4) is 0 Å². The van der Waals surface area contributed by atoms with Crippen LogP contribution >= 0.6 is 0 Å². The van der Waals surface area contributed by atoms with Gasteiger partial charge < -0.3 is 27.8 Å². The van der Waals surface area contributed by atoms with Gasteiger partial charge in [-0.1, -0.05) is 20.8 Å². The summed E-state index contributed by atoms with van der Waals surface area (Å²) in [5, 5.41) is 0. The third-order valence-corrected chi connectivity index (χ3v) is 10.4. The van der Waals surface area contributed by atoms with Gasteiger partial charge in [-0.2, -0.15) is 0 Å². The van der Waals surface area contributed by atoms with Crippen LogP contribution < -0.4 is 0 Å². The molecule has 2 aromatic heterocycles. The fraction of sp³-hybridized carbons (Fsp3) is 0.633. The number of cyclic esters (lactones) is 1. The third kappa shape index (κ3) is 4.03. The molecule has 4 heterocycles. The lowest BCUT2D eigenvalue weighted by Crippen LogP contribution is -2.67. The van der Waals surface area contributed by atoms with Gasteiger partial charge in [0.25, 0.3) is 0 Å². The average Bonchev–Trinajstić information content (AvgIpc) is 3.72. The molecule has 2 spiro atoms. The van der Waals surface area contributed by atoms with E-state index in [0.717, 1.165) is 32.1 Å². The van der Waals surface area contributed by atoms with Gasteiger partial charge in [-0.25, -0.2) is 9.59 Å². The van der Waals surface area contributed by atoms with Crippen LogP contribution in [-0.4, -0.2) is 48.4 Å². The largest absolute Gasteiger partial charge is 0.463 e. The predicted molar refractivity (Wildman–Crippen MR) is 136 cm³/mol. The molecule has 9 nitrogen and oxygen atoms in total. The van der Waals surface area contributed by atoms with Crippen molar-refractivity contribution in [3.8, 4) is 0 Å². The van der Waals surface area contributed by atoms with E-state index in [1.54, 1.807) is 24.3 Å². The standard InChI is InChI=1S/C30H36O9/c1-19-8-9-22-27(2,17-37-25(32)20-6-4-14-34-20)23(38-26(33)21-7-5-15-35-21)10-11-28(22,3)30(19)13-12-29(39-30)16-24(31)36-18-29/h4-7,14-15,19,22-23H,8-13,16-18H2,1-3H3/t19-,22?,23+,27+,28+,29?,30-/m1/s1. The Hall–Kier alpha value is -3.07. The lowest BCUT2D eigenvalue weighted by Gasteiger charge is -2.65. The first-order chi connectivity index (χ1) is 18.6. The lowest BCUT2D eigenvalue weighted by atomic mass is 9.43. The minimum atomic E-state index is -0.703. The smallest absolute Gasteiger partial charge is 0.374 e. The van der Waals surface area contributed by atoms with Crippen LogP contribution in [0.15, 0.2) is 45.6 Å². The number of carbonyl (C=O) groups is 3. The molecule has 0 bridgehead atoms. The second kappa shape index (κ2) is 9.25. The molecule has 39 heavy (non-hydrogen) atoms. The Kier molecular flexibility index (Phi) is 6.21. The maximum Gasteiger partial charge on any atom is 0.374 e. The fourth-order valence-corrected chi connectivity index (χ4v) is 8.36. The van der Waals surface area contributed by atoms with E-state index in [0.29, 0.717) is 13.0 Å². The van der Waals surface area contributed by atoms with Crippen LogP contribution in [0, 0.1) is 22.7 Å². The molecule has 0 N–H and O–H groups in total. The summed E-state index contributed by atoms with van der Waals surface area (Å²) in [6, 6.07) is 6.44. The molecule has 9 heteroatoms. The van der Waals surface area contributed by atoms with Crippen molar-refractivity contribution in [1.29, 1.82) is 0 Å². The lowest BCUT2D eigenvalue weighted by molar-refractivity contribution is -0.265. The molecule has 7 atom stereocenters. The van der Waals surface area contributed by atoms with Crippen LogP contribution in [0.2, 0.25) is 0 Å². The molecular formula is C30H36O9. The van der Waals surface area contributed by atoms with Crippen LogP contribution in [0.5, 0.6) is 0 Å². The summed E-state index contributed by atoms with van der Waals surface area (Å²) in [4.78, 5) is 38.0. The number of hydrogen-bond donors (Lipinski definition) is 0. The molecule has 0 radical (unpaired) electrons. The van der Waals surface area contributed by atoms with E-state index < -0.39 is 34.7 Å². The molecular weight excluding hydrogens is 504 g/mol. The Morgan fingerprint density at radius 1 is 0.974 bits per heavy atom. The third-order valence-electron chi connectivity index (χ3n) is 10.4. The molecule has 4 aliphatic rings. The second-order valence-electron chi connectivity index (χ2n) is 12.4. The SMILES string of the molecule is C[C@@H]1CCC2[C@](C)(COC(=O)c3ccco3)[C@@H](OC(=O)c3ccco3)CC[C@]2(C)[C@@]12CCC1(COC(=O)C1)O2. The first-order valence-corrected chi connectivity index (χ1v) is 13.9. The van der Waals surface area contributed by atoms with Crippen molar-refractivity contribution < 1.29 is 42.2 Å². The van der Waals surface area contributed by atoms with Crippen LogP contribution in [0.25, 0.3) is 0 Å². The minimum Gasteiger partial charge on any atom is -0.463 e. The van der Waals surface area contributed by atoms with Gasteiger partial charge in [-0.15, -0.1) is 0 Å². The molecule has 2 aliphatic heterocycles. The quantitative estimate of drug-likeness (QED) is 0.366. The van der Waals surface area contributed by atoms with Crippen LogP contribution in [0.1, 0.15) is 86.8 Å². The van der Waals surface area contributed by atoms with Crippen LogP contribution in [0.4, 0.5) is 0 Å². The first kappa shape index (κ1) is 26.2. The summed E-state index contributed by atoms with van der Waals surface area (Å²) in [5.74, 6) is -0.746. The Labute approximate surface area is 227 Å². The van der Waals surface area contributed by atoms with E-state index >= 15 is 0 Å². The molecule has 2 saturated heterocycles. The number of rotatable bonds is 5. The van der Waals surface area contributed by atoms with E-state index in [1.807, 2.05) is 0 Å². The zero-order chi connectivity index (χ0) is 27.5. The van der Waals surface area contributed by atoms with Crippen molar-refractivity contribution in [2.24, 2.45) is 22.7 Å². The number of hydrogen-bond acceptors (Lipinski definition) is 9. The van der Waals surface area contributed by atoms with Gasteiger partial charge in [0.05, 0.1) is 24.5 Å². The van der Waals surface area contributed by atoms with Gasteiger partial charge in [-0.05, 0) is 74.6 Å². The molecule has 0 aromatic carbocycles. The first-order valence-electron chi connectivity index (χ1n) is 13.9. The molecule has 6 rings (SSSR count). The van der Waals surface area contributed by atoms with Crippen molar-refractivity contribution in [2.45, 2.75) is 83.0 Å². The Bertz CT molecular complexity index is 1240. The highest BCUT2D eigenvalue weighted by Gasteiger charge is 2.70. The summed E-state index contributed by atoms with van der Waals surface area (Å²) >= 11 is 0. The maximum absolute atomic E-state index is 13.0. The molecule has 0 amide bonds. The number of furan rings is 2. The van der Waals surface area contributed by atoms with Crippen molar-refractivity contribution >= 4 is 17.9 Å². The van der Waals surface area contributed by atoms with E-state index in [-0.39, 0.29) is 47.8 Å². The van der Waals surface area contributed by atoms with Crippen LogP contribution in [-0.2, 0) is 23.7 Å². The number of carbonyl (C=O) groups excluding carboxylic acids is 3. The van der Waals surface area contributed by atoms with Gasteiger partial charge in [-0.3, -0.25) is 4.79 Å². The summed E-state index contributed by atoms with van der Waals surface area (Å²) in [7, 11) is 0. The molecule has 2 aliphatic carbocycles. The molecule has 2 aromatic rings. The fourth-order valence-electron chi connectivity index (χ4n) is 8.36. The predicted octanol–water partition coefficient (Wildman–Crippen LogP) is 5.34. The highest BCUT2D eigenvalue weighted by molar-refractivity contribution is 5.87. The van der Waals surface area contributed by atoms with Gasteiger partial charge >= 0.3 is 17.9 Å². The summed E-state index contributed by atoms with van der Waals surface area (Å²) in [5.41, 5.74) is -2.06. The Balaban J connectivity index is 1.33. The minimum absolute atomic E-state index is 0.0157. The monoisotopic (exact) mass is 540 g/mol. The zero-order valence-corrected chi connectivity index (χ0v) is 22.7. The van der Waals surface area contributed by atoms with E-state index in [9.17, 15) is 14.4 Å². The topological polar surface area (TPSA) is 114 Å². The van der Waals surface area contributed by atoms with E-state index in [2.05, 4.69) is 20.8 Å². The van der Waals surface area contributed by atoms with E-state index in [4.69, 9.17) is 27.8 Å². The molecule has 2 unspecified atom stereocenters. The zero-order valence-electron chi connectivity index (χ0n) is 22.7. The van der Waals surface area contributed by atoms with Gasteiger partial charge in [0.1, 0.15) is 24.9 Å². The second-order valence-corrected chi connectivity index (χ2v) is 12.4. The van der Waals surface area contributed by atoms with E-state index in [1.165, 1.54) is 12.5 Å². The molecule has 2 saturated carbocycles. The van der Waals surface area contributed by atoms with Crippen molar-refractivity contribution in [3.05, 3.63) is 48.3 Å². The normalized spacial score (nSPS) is 39.5.